The summed E-state index contributed by atoms with van der Waals surface area (Å²) in [6.45, 7) is 8.62. The maximum Gasteiger partial charge on any atom is 0.258 e. The van der Waals surface area contributed by atoms with Crippen molar-refractivity contribution < 1.29 is 19.4 Å². The van der Waals surface area contributed by atoms with E-state index in [-0.39, 0.29) is 17.6 Å². The molecule has 6 heteroatoms. The molecule has 0 aliphatic heterocycles. The Kier molecular flexibility index (Phi) is 9.77. The first-order valence-electron chi connectivity index (χ1n) is 14.3. The second-order valence-corrected chi connectivity index (χ2v) is 11.1. The Morgan fingerprint density at radius 3 is 2.38 bits per heavy atom. The van der Waals surface area contributed by atoms with E-state index in [1.165, 1.54) is 12.1 Å². The third kappa shape index (κ3) is 6.80. The average molecular weight is 545 g/mol. The molecular formula is C34H41FN2O3. The minimum absolute atomic E-state index is 0.0186. The third-order valence-electron chi connectivity index (χ3n) is 7.53. The standard InChI is InChI=1S/C34H41FN2O3/c1-5-28(38)21-29(39)19-20-37-32(22(2)3)31(34(40)36-27-9-7-6-8-10-27)30(24-13-11-23(4)12-14-24)33(37)25-15-17-26(35)18-16-25/h6-11,13-18,22-23,28-29,38-39H,5,12,19-21H2,1-4H3,(H,36,40)/t23?,28-,29+/m0/s1. The topological polar surface area (TPSA) is 74.5 Å². The number of aliphatic hydroxyl groups excluding tert-OH is 2. The molecule has 1 unspecified atom stereocenters. The predicted molar refractivity (Wildman–Crippen MR) is 161 cm³/mol. The molecule has 5 nitrogen and oxygen atoms in total. The minimum Gasteiger partial charge on any atom is -0.393 e. The summed E-state index contributed by atoms with van der Waals surface area (Å²) >= 11 is 0. The van der Waals surface area contributed by atoms with Crippen molar-refractivity contribution in [3.63, 3.8) is 0 Å². The second kappa shape index (κ2) is 13.2. The van der Waals surface area contributed by atoms with E-state index in [9.17, 15) is 19.4 Å². The molecule has 3 N–H and O–H groups in total. The van der Waals surface area contributed by atoms with Gasteiger partial charge in [-0.3, -0.25) is 4.79 Å². The Labute approximate surface area is 237 Å². The first-order chi connectivity index (χ1) is 19.2. The van der Waals surface area contributed by atoms with Crippen molar-refractivity contribution in [2.75, 3.05) is 5.32 Å². The van der Waals surface area contributed by atoms with Gasteiger partial charge in [-0.2, -0.15) is 0 Å². The number of benzene rings is 2. The number of hydrogen-bond acceptors (Lipinski definition) is 3. The van der Waals surface area contributed by atoms with Crippen LogP contribution < -0.4 is 5.32 Å². The van der Waals surface area contributed by atoms with Crippen molar-refractivity contribution in [1.29, 1.82) is 0 Å². The predicted octanol–water partition coefficient (Wildman–Crippen LogP) is 7.56. The number of rotatable bonds is 11. The van der Waals surface area contributed by atoms with Crippen LogP contribution in [0.3, 0.4) is 0 Å². The summed E-state index contributed by atoms with van der Waals surface area (Å²) < 4.78 is 16.2. The van der Waals surface area contributed by atoms with Gasteiger partial charge < -0.3 is 20.1 Å². The van der Waals surface area contributed by atoms with Gasteiger partial charge in [0.2, 0.25) is 0 Å². The van der Waals surface area contributed by atoms with Crippen molar-refractivity contribution in [3.8, 4) is 11.3 Å². The van der Waals surface area contributed by atoms with Crippen LogP contribution in [0.25, 0.3) is 16.8 Å². The highest BCUT2D eigenvalue weighted by atomic mass is 19.1. The normalized spacial score (nSPS) is 16.6. The molecule has 1 amide bonds. The van der Waals surface area contributed by atoms with Crippen LogP contribution in [-0.4, -0.2) is 32.9 Å². The van der Waals surface area contributed by atoms with E-state index < -0.39 is 12.2 Å². The monoisotopic (exact) mass is 544 g/mol. The van der Waals surface area contributed by atoms with E-state index in [1.807, 2.05) is 37.3 Å². The molecule has 2 aromatic carbocycles. The van der Waals surface area contributed by atoms with Gasteiger partial charge in [0.15, 0.2) is 0 Å². The van der Waals surface area contributed by atoms with Gasteiger partial charge in [0, 0.05) is 23.5 Å². The highest BCUT2D eigenvalue weighted by Crippen LogP contribution is 2.42. The molecule has 0 saturated heterocycles. The molecule has 0 saturated carbocycles. The Morgan fingerprint density at radius 1 is 1.07 bits per heavy atom. The third-order valence-corrected chi connectivity index (χ3v) is 7.53. The number of carbonyl (C=O) groups is 1. The van der Waals surface area contributed by atoms with Crippen LogP contribution in [0, 0.1) is 11.7 Å². The van der Waals surface area contributed by atoms with Crippen LogP contribution in [0.15, 0.2) is 72.8 Å². The summed E-state index contributed by atoms with van der Waals surface area (Å²) in [6.07, 6.45) is 7.27. The fourth-order valence-corrected chi connectivity index (χ4v) is 5.39. The van der Waals surface area contributed by atoms with Gasteiger partial charge in [-0.1, -0.05) is 64.1 Å². The lowest BCUT2D eigenvalue weighted by atomic mass is 9.89. The first kappa shape index (κ1) is 29.5. The minimum atomic E-state index is -0.696. The van der Waals surface area contributed by atoms with Gasteiger partial charge in [0.25, 0.3) is 5.91 Å². The number of para-hydroxylation sites is 1. The zero-order chi connectivity index (χ0) is 28.8. The molecule has 1 aliphatic carbocycles. The van der Waals surface area contributed by atoms with Gasteiger partial charge in [0.05, 0.1) is 23.5 Å². The van der Waals surface area contributed by atoms with Crippen molar-refractivity contribution in [2.45, 2.75) is 78.0 Å². The van der Waals surface area contributed by atoms with Crippen LogP contribution in [0.5, 0.6) is 0 Å². The van der Waals surface area contributed by atoms with E-state index in [2.05, 4.69) is 48.9 Å². The highest BCUT2D eigenvalue weighted by Gasteiger charge is 2.31. The maximum absolute atomic E-state index is 14.1. The molecule has 0 spiro atoms. The van der Waals surface area contributed by atoms with Crippen molar-refractivity contribution in [3.05, 3.63) is 95.5 Å². The van der Waals surface area contributed by atoms with Crippen LogP contribution in [0.4, 0.5) is 10.1 Å². The zero-order valence-electron chi connectivity index (χ0n) is 23.9. The molecule has 0 radical (unpaired) electrons. The Bertz CT molecular complexity index is 1360. The van der Waals surface area contributed by atoms with E-state index in [4.69, 9.17) is 0 Å². The summed E-state index contributed by atoms with van der Waals surface area (Å²) in [5.41, 5.74) is 5.55. The quantitative estimate of drug-likeness (QED) is 0.233. The number of aliphatic hydroxyl groups is 2. The van der Waals surface area contributed by atoms with E-state index in [0.717, 1.165) is 34.5 Å². The molecule has 40 heavy (non-hydrogen) atoms. The fraction of sp³-hybridized carbons (Fsp3) is 0.382. The summed E-state index contributed by atoms with van der Waals surface area (Å²) in [5, 5.41) is 24.0. The summed E-state index contributed by atoms with van der Waals surface area (Å²) in [7, 11) is 0. The Morgan fingerprint density at radius 2 is 1.77 bits per heavy atom. The van der Waals surface area contributed by atoms with Crippen molar-refractivity contribution in [2.24, 2.45) is 5.92 Å². The number of anilines is 1. The molecule has 3 aromatic rings. The summed E-state index contributed by atoms with van der Waals surface area (Å²) in [4.78, 5) is 14.1. The summed E-state index contributed by atoms with van der Waals surface area (Å²) in [6, 6.07) is 15.8. The van der Waals surface area contributed by atoms with Gasteiger partial charge in [0.1, 0.15) is 5.82 Å². The Hall–Kier alpha value is -3.48. The summed E-state index contributed by atoms with van der Waals surface area (Å²) in [5.74, 6) is -0.160. The van der Waals surface area contributed by atoms with Gasteiger partial charge in [-0.15, -0.1) is 0 Å². The van der Waals surface area contributed by atoms with Crippen molar-refractivity contribution >= 4 is 17.2 Å². The van der Waals surface area contributed by atoms with Crippen LogP contribution >= 0.6 is 0 Å². The van der Waals surface area contributed by atoms with Gasteiger partial charge in [-0.25, -0.2) is 4.39 Å². The SMILES string of the molecule is CC[C@H](O)C[C@H](O)CCn1c(-c2ccc(F)cc2)c(C2=CCC(C)C=C2)c(C(=O)Nc2ccccc2)c1C(C)C. The number of hydrogen-bond donors (Lipinski definition) is 3. The number of halogens is 1. The number of allylic oxidation sites excluding steroid dienone is 4. The first-order valence-corrected chi connectivity index (χ1v) is 14.3. The van der Waals surface area contributed by atoms with Crippen LogP contribution in [0.1, 0.15) is 80.9 Å². The fourth-order valence-electron chi connectivity index (χ4n) is 5.39. The molecule has 4 rings (SSSR count). The lowest BCUT2D eigenvalue weighted by Gasteiger charge is -2.20. The average Bonchev–Trinajstić information content (AvgIpc) is 3.28. The lowest BCUT2D eigenvalue weighted by molar-refractivity contribution is 0.0711. The largest absolute Gasteiger partial charge is 0.393 e. The number of carbonyl (C=O) groups excluding carboxylic acids is 1. The lowest BCUT2D eigenvalue weighted by Crippen LogP contribution is -2.20. The number of nitrogens with one attached hydrogen (secondary N) is 1. The zero-order valence-corrected chi connectivity index (χ0v) is 23.9. The molecule has 0 bridgehead atoms. The molecular weight excluding hydrogens is 503 g/mol. The Balaban J connectivity index is 1.94. The molecule has 1 aromatic heterocycles. The molecule has 212 valence electrons. The highest BCUT2D eigenvalue weighted by molar-refractivity contribution is 6.11. The van der Waals surface area contributed by atoms with Gasteiger partial charge >= 0.3 is 0 Å². The van der Waals surface area contributed by atoms with E-state index >= 15 is 0 Å². The number of aromatic nitrogens is 1. The molecule has 1 aliphatic rings. The number of amides is 1. The maximum atomic E-state index is 14.1. The molecule has 3 atom stereocenters. The van der Waals surface area contributed by atoms with Crippen LogP contribution in [-0.2, 0) is 6.54 Å². The van der Waals surface area contributed by atoms with E-state index in [0.29, 0.717) is 43.0 Å². The molecule has 0 fully saturated rings. The van der Waals surface area contributed by atoms with E-state index in [1.54, 1.807) is 12.1 Å². The second-order valence-electron chi connectivity index (χ2n) is 11.1. The van der Waals surface area contributed by atoms with Crippen LogP contribution in [0.2, 0.25) is 0 Å². The van der Waals surface area contributed by atoms with Gasteiger partial charge in [-0.05, 0) is 85.1 Å². The number of nitrogens with zero attached hydrogens (tertiary/aromatic N) is 1. The molecule has 1 heterocycles. The smallest absolute Gasteiger partial charge is 0.258 e. The van der Waals surface area contributed by atoms with Crippen molar-refractivity contribution in [1.82, 2.24) is 4.57 Å².